The van der Waals surface area contributed by atoms with Crippen LogP contribution >= 0.6 is 11.8 Å². The van der Waals surface area contributed by atoms with E-state index >= 15 is 0 Å². The van der Waals surface area contributed by atoms with Gasteiger partial charge in [0, 0.05) is 70.0 Å². The van der Waals surface area contributed by atoms with Gasteiger partial charge in [0.1, 0.15) is 36.6 Å². The van der Waals surface area contributed by atoms with Crippen molar-refractivity contribution in [2.45, 2.75) is 168 Å². The summed E-state index contributed by atoms with van der Waals surface area (Å²) in [5.41, 5.74) is 5.09. The molecule has 0 saturated carbocycles. The Morgan fingerprint density at radius 3 is 1.50 bits per heavy atom. The number of rotatable bonds is 52. The Morgan fingerprint density at radius 1 is 0.526 bits per heavy atom. The molecule has 4 amide bonds. The lowest BCUT2D eigenvalue weighted by molar-refractivity contribution is -0.144. The minimum Gasteiger partial charge on any atom is -0.481 e. The predicted molar refractivity (Wildman–Crippen MR) is 286 cm³/mol. The van der Waals surface area contributed by atoms with Gasteiger partial charge in [-0.3, -0.25) is 43.2 Å². The fourth-order valence-corrected chi connectivity index (χ4v) is 7.90. The maximum absolute atomic E-state index is 12.4. The zero-order valence-electron chi connectivity index (χ0n) is 45.5. The van der Waals surface area contributed by atoms with Gasteiger partial charge in [-0.1, -0.05) is 71.1 Å². The number of aliphatic carboxylic acids is 3. The predicted octanol–water partition coefficient (Wildman–Crippen LogP) is 3.37. The Hall–Kier alpha value is -4.59. The van der Waals surface area contributed by atoms with Gasteiger partial charge in [-0.25, -0.2) is 4.79 Å². The van der Waals surface area contributed by atoms with E-state index < -0.39 is 36.5 Å². The number of ether oxygens (including phenoxy) is 4. The van der Waals surface area contributed by atoms with Crippen molar-refractivity contribution in [3.63, 3.8) is 0 Å². The van der Waals surface area contributed by atoms with Gasteiger partial charge in [0.15, 0.2) is 0 Å². The first kappa shape index (κ1) is 73.5. The van der Waals surface area contributed by atoms with Crippen LogP contribution in [0, 0.1) is 11.8 Å². The van der Waals surface area contributed by atoms with Crippen LogP contribution in [0.1, 0.15) is 156 Å². The van der Waals surface area contributed by atoms with Crippen LogP contribution in [0.3, 0.4) is 0 Å². The van der Waals surface area contributed by atoms with E-state index in [1.165, 1.54) is 37.9 Å². The summed E-state index contributed by atoms with van der Waals surface area (Å²) in [6.07, 6.45) is 14.1. The van der Waals surface area contributed by atoms with E-state index in [-0.39, 0.29) is 176 Å². The molecule has 0 heterocycles. The number of aliphatic hydroxyl groups is 1. The van der Waals surface area contributed by atoms with Gasteiger partial charge >= 0.3 is 17.9 Å². The Bertz CT molecular complexity index is 1640. The number of Topliss-reactive ketones (excluding diaryl/α,β-unsaturated/α-hetero) is 3. The first-order valence-electron chi connectivity index (χ1n) is 26.9. The van der Waals surface area contributed by atoms with Gasteiger partial charge < -0.3 is 66.4 Å². The quantitative estimate of drug-likeness (QED) is 0.0394. The molecule has 0 aliphatic heterocycles. The number of carbonyl (C=O) groups excluding carboxylic acids is 7. The molecule has 0 fully saturated rings. The summed E-state index contributed by atoms with van der Waals surface area (Å²) < 4.78 is 21.4. The van der Waals surface area contributed by atoms with Gasteiger partial charge in [0.25, 0.3) is 0 Å². The molecule has 440 valence electrons. The number of carboxylic acids is 3. The summed E-state index contributed by atoms with van der Waals surface area (Å²) in [6, 6.07) is -1.41. The average Bonchev–Trinajstić information content (AvgIpc) is 3.37. The number of amides is 4. The van der Waals surface area contributed by atoms with Gasteiger partial charge in [-0.2, -0.15) is 11.8 Å². The lowest BCUT2D eigenvalue weighted by Gasteiger charge is -2.15. The van der Waals surface area contributed by atoms with Crippen LogP contribution in [0.5, 0.6) is 0 Å². The molecule has 23 nitrogen and oxygen atoms in total. The van der Waals surface area contributed by atoms with Gasteiger partial charge in [0.05, 0.1) is 57.4 Å². The SMILES string of the molecule is CC(=O)[C@H](C)N.CC[C@@H](CSCC(=O)NCCNC(=O)COCCOCCNC(=O)COCCOCCCC(=O)CCC(NC(=O)CCCCCCCCCCCCCCC(=O)O)C(=O)O)C(=O)CC[C@@H](CO)C(=O)O. The highest BCUT2D eigenvalue weighted by atomic mass is 32.2. The molecule has 0 aliphatic carbocycles. The second-order valence-corrected chi connectivity index (χ2v) is 19.4. The van der Waals surface area contributed by atoms with Crippen LogP contribution < -0.4 is 27.0 Å². The van der Waals surface area contributed by atoms with Crippen LogP contribution in [0.2, 0.25) is 0 Å². The lowest BCUT2D eigenvalue weighted by Crippen LogP contribution is -2.41. The lowest BCUT2D eigenvalue weighted by atomic mass is 9.95. The summed E-state index contributed by atoms with van der Waals surface area (Å²) in [7, 11) is 0. The first-order chi connectivity index (χ1) is 36.3. The molecule has 4 atom stereocenters. The summed E-state index contributed by atoms with van der Waals surface area (Å²) in [4.78, 5) is 116. The van der Waals surface area contributed by atoms with Crippen molar-refractivity contribution in [1.29, 1.82) is 0 Å². The zero-order chi connectivity index (χ0) is 57.2. The molecule has 0 aromatic carbocycles. The Labute approximate surface area is 453 Å². The Morgan fingerprint density at radius 2 is 1.01 bits per heavy atom. The van der Waals surface area contributed by atoms with E-state index in [1.54, 1.807) is 6.92 Å². The minimum absolute atomic E-state index is 0.0145. The molecule has 76 heavy (non-hydrogen) atoms. The molecular weight excluding hydrogens is 1010 g/mol. The van der Waals surface area contributed by atoms with Crippen molar-refractivity contribution in [1.82, 2.24) is 21.3 Å². The van der Waals surface area contributed by atoms with E-state index in [4.69, 9.17) is 40.0 Å². The van der Waals surface area contributed by atoms with E-state index in [1.807, 2.05) is 6.92 Å². The topological polar surface area (TPSA) is 363 Å². The number of nitrogens with one attached hydrogen (secondary N) is 4. The van der Waals surface area contributed by atoms with E-state index in [0.717, 1.165) is 51.4 Å². The largest absolute Gasteiger partial charge is 0.481 e. The minimum atomic E-state index is -1.17. The molecule has 0 radical (unpaired) electrons. The third-order valence-corrected chi connectivity index (χ3v) is 12.7. The number of ketones is 3. The third kappa shape index (κ3) is 49.0. The van der Waals surface area contributed by atoms with Gasteiger partial charge in [0.2, 0.25) is 23.6 Å². The molecule has 24 heteroatoms. The summed E-state index contributed by atoms with van der Waals surface area (Å²) in [5, 5.41) is 46.8. The van der Waals surface area contributed by atoms with Crippen molar-refractivity contribution in [2.24, 2.45) is 17.6 Å². The number of unbranched alkanes of at least 4 members (excludes halogenated alkanes) is 11. The van der Waals surface area contributed by atoms with Crippen LogP contribution in [-0.2, 0) is 66.9 Å². The molecule has 1 unspecified atom stereocenters. The number of hydrogen-bond donors (Lipinski definition) is 9. The van der Waals surface area contributed by atoms with Crippen LogP contribution in [0.4, 0.5) is 0 Å². The first-order valence-corrected chi connectivity index (χ1v) is 28.1. The normalized spacial score (nSPS) is 12.5. The summed E-state index contributed by atoms with van der Waals surface area (Å²) in [6.45, 7) is 5.93. The highest BCUT2D eigenvalue weighted by Crippen LogP contribution is 2.18. The smallest absolute Gasteiger partial charge is 0.326 e. The Balaban J connectivity index is 0. The van der Waals surface area contributed by atoms with Crippen molar-refractivity contribution >= 4 is 70.6 Å². The van der Waals surface area contributed by atoms with Crippen molar-refractivity contribution in [3.8, 4) is 0 Å². The Kier molecular flexibility index (Phi) is 49.5. The monoisotopic (exact) mass is 1110 g/mol. The number of aliphatic hydroxyl groups excluding tert-OH is 1. The second kappa shape index (κ2) is 51.2. The zero-order valence-corrected chi connectivity index (χ0v) is 46.4. The summed E-state index contributed by atoms with van der Waals surface area (Å²) in [5.74, 6) is -5.28. The van der Waals surface area contributed by atoms with E-state index in [9.17, 15) is 53.1 Å². The maximum atomic E-state index is 12.4. The standard InChI is InChI=1S/C48H84N4O17S.C4H9NO/c1-2-37(41(55)22-19-38(32-53)47(62)63)35-70-36-45(59)50-24-23-49-43(57)33-69-31-29-67-27-25-51-44(58)34-68-30-28-66-26-15-16-39(54)20-21-40(48(64)65)52-42(56)17-13-11-9-7-5-3-4-6-8-10-12-14-18-46(60)61;1-3(5)4(2)6/h37-38,40,53H,2-36H2,1H3,(H,49,57)(H,50,59)(H,51,58)(H,52,56)(H,60,61)(H,62,63)(H,64,65);3H,5H2,1-2H3/t37-,38-,40?;3-/m00/s1. The second-order valence-electron chi connectivity index (χ2n) is 18.4. The van der Waals surface area contributed by atoms with Crippen molar-refractivity contribution < 1.29 is 87.3 Å². The number of thioether (sulfide) groups is 1. The van der Waals surface area contributed by atoms with Crippen molar-refractivity contribution in [2.75, 3.05) is 90.6 Å². The van der Waals surface area contributed by atoms with Crippen LogP contribution in [-0.4, -0.2) is 182 Å². The molecule has 0 saturated heterocycles. The highest BCUT2D eigenvalue weighted by Gasteiger charge is 2.23. The fourth-order valence-electron chi connectivity index (χ4n) is 6.79. The molecule has 0 aromatic rings. The number of carbonyl (C=O) groups is 10. The van der Waals surface area contributed by atoms with Crippen LogP contribution in [0.25, 0.3) is 0 Å². The molecule has 10 N–H and O–H groups in total. The molecule has 0 spiro atoms. The molecular formula is C52H93N5O18S. The third-order valence-electron chi connectivity index (χ3n) is 11.6. The molecule has 0 bridgehead atoms. The maximum Gasteiger partial charge on any atom is 0.326 e. The number of carboxylic acid groups (broad SMARTS) is 3. The van der Waals surface area contributed by atoms with Gasteiger partial charge in [-0.15, -0.1) is 0 Å². The van der Waals surface area contributed by atoms with E-state index in [2.05, 4.69) is 21.3 Å². The number of hydrogen-bond acceptors (Lipinski definition) is 17. The number of nitrogens with two attached hydrogens (primary N) is 1. The van der Waals surface area contributed by atoms with Gasteiger partial charge in [-0.05, 0) is 52.4 Å². The van der Waals surface area contributed by atoms with E-state index in [0.29, 0.717) is 25.0 Å². The molecule has 0 aromatic heterocycles. The highest BCUT2D eigenvalue weighted by molar-refractivity contribution is 7.99. The summed E-state index contributed by atoms with van der Waals surface area (Å²) >= 11 is 1.29. The van der Waals surface area contributed by atoms with Crippen molar-refractivity contribution in [3.05, 3.63) is 0 Å². The fraction of sp³-hybridized carbons (Fsp3) is 0.808. The average molecular weight is 1110 g/mol. The molecule has 0 aliphatic rings. The molecule has 0 rings (SSSR count). The van der Waals surface area contributed by atoms with Crippen LogP contribution in [0.15, 0.2) is 0 Å².